The Kier molecular flexibility index (Phi) is 7.82. The van der Waals surface area contributed by atoms with E-state index in [0.717, 1.165) is 22.5 Å². The number of benzene rings is 2. The molecule has 0 unspecified atom stereocenters. The fourth-order valence-electron chi connectivity index (χ4n) is 2.71. The van der Waals surface area contributed by atoms with Gasteiger partial charge in [0, 0.05) is 28.7 Å². The smallest absolute Gasteiger partial charge is 0.117 e. The molecule has 28 heavy (non-hydrogen) atoms. The Hall–Kier alpha value is -1.96. The van der Waals surface area contributed by atoms with Gasteiger partial charge in [-0.05, 0) is 17.7 Å². The molecule has 2 aromatic carbocycles. The average molecular weight is 421 g/mol. The van der Waals surface area contributed by atoms with E-state index < -0.39 is 0 Å². The molecule has 6 nitrogen and oxygen atoms in total. The molecule has 0 fully saturated rings. The highest BCUT2D eigenvalue weighted by Gasteiger charge is 2.14. The van der Waals surface area contributed by atoms with Crippen LogP contribution in [0.1, 0.15) is 11.3 Å². The minimum atomic E-state index is 0.0275. The van der Waals surface area contributed by atoms with Crippen molar-refractivity contribution < 1.29 is 9.84 Å². The molecular formula is C20H22Cl2N4O2. The molecule has 0 saturated heterocycles. The summed E-state index contributed by atoms with van der Waals surface area (Å²) < 4.78 is 5.26. The molecule has 148 valence electrons. The lowest BCUT2D eigenvalue weighted by Crippen LogP contribution is -2.20. The molecule has 0 atom stereocenters. The molecule has 0 radical (unpaired) electrons. The first-order valence-corrected chi connectivity index (χ1v) is 9.75. The van der Waals surface area contributed by atoms with Gasteiger partial charge in [-0.1, -0.05) is 59.6 Å². The van der Waals surface area contributed by atoms with Crippen molar-refractivity contribution in [2.45, 2.75) is 13.1 Å². The first-order valence-electron chi connectivity index (χ1n) is 9.00. The zero-order valence-electron chi connectivity index (χ0n) is 15.3. The summed E-state index contributed by atoms with van der Waals surface area (Å²) in [4.78, 5) is 1.65. The number of nitrogens with one attached hydrogen (secondary N) is 1. The number of aliphatic hydroxyl groups excluding tert-OH is 1. The summed E-state index contributed by atoms with van der Waals surface area (Å²) in [5.41, 5.74) is 3.58. The van der Waals surface area contributed by atoms with Gasteiger partial charge in [0.25, 0.3) is 0 Å². The van der Waals surface area contributed by atoms with Gasteiger partial charge in [0.1, 0.15) is 11.4 Å². The van der Waals surface area contributed by atoms with Gasteiger partial charge in [-0.2, -0.15) is 15.0 Å². The molecule has 0 saturated carbocycles. The van der Waals surface area contributed by atoms with Crippen LogP contribution in [0.15, 0.2) is 48.5 Å². The Morgan fingerprint density at radius 2 is 1.86 bits per heavy atom. The predicted molar refractivity (Wildman–Crippen MR) is 111 cm³/mol. The number of aromatic nitrogens is 3. The number of hydrogen-bond donors (Lipinski definition) is 2. The third kappa shape index (κ3) is 5.77. The van der Waals surface area contributed by atoms with Crippen molar-refractivity contribution in [1.29, 1.82) is 0 Å². The molecule has 0 aliphatic rings. The van der Waals surface area contributed by atoms with E-state index in [0.29, 0.717) is 42.9 Å². The quantitative estimate of drug-likeness (QED) is 0.491. The number of rotatable bonds is 10. The molecular weight excluding hydrogens is 399 g/mol. The van der Waals surface area contributed by atoms with Crippen LogP contribution in [0.25, 0.3) is 11.3 Å². The fraction of sp³-hybridized carbons (Fsp3) is 0.300. The lowest BCUT2D eigenvalue weighted by atomic mass is 10.1. The van der Waals surface area contributed by atoms with Gasteiger partial charge in [-0.3, -0.25) is 0 Å². The Bertz CT molecular complexity index is 887. The summed E-state index contributed by atoms with van der Waals surface area (Å²) in [6, 6.07) is 15.3. The van der Waals surface area contributed by atoms with E-state index in [4.69, 9.17) is 33.0 Å². The zero-order valence-corrected chi connectivity index (χ0v) is 16.8. The summed E-state index contributed by atoms with van der Waals surface area (Å²) in [5.74, 6) is 0. The van der Waals surface area contributed by atoms with Crippen molar-refractivity contribution in [2.24, 2.45) is 0 Å². The summed E-state index contributed by atoms with van der Waals surface area (Å²) in [6.07, 6.45) is 0. The van der Waals surface area contributed by atoms with E-state index in [1.165, 1.54) is 0 Å². The zero-order chi connectivity index (χ0) is 19.8. The number of ether oxygens (including phenoxy) is 1. The van der Waals surface area contributed by atoms with E-state index >= 15 is 0 Å². The second-order valence-corrected chi connectivity index (χ2v) is 6.98. The molecule has 3 rings (SSSR count). The first-order chi connectivity index (χ1) is 13.7. The van der Waals surface area contributed by atoms with Crippen LogP contribution in [0.5, 0.6) is 0 Å². The van der Waals surface area contributed by atoms with Gasteiger partial charge in [0.05, 0.1) is 26.4 Å². The van der Waals surface area contributed by atoms with Crippen molar-refractivity contribution >= 4 is 23.2 Å². The summed E-state index contributed by atoms with van der Waals surface area (Å²) in [5, 5.41) is 22.6. The minimum Gasteiger partial charge on any atom is -0.394 e. The number of hydrogen-bond acceptors (Lipinski definition) is 5. The second kappa shape index (κ2) is 10.5. The normalized spacial score (nSPS) is 11.1. The largest absolute Gasteiger partial charge is 0.394 e. The van der Waals surface area contributed by atoms with Gasteiger partial charge in [0.15, 0.2) is 0 Å². The van der Waals surface area contributed by atoms with Crippen molar-refractivity contribution in [3.8, 4) is 11.3 Å². The Morgan fingerprint density at radius 1 is 1.04 bits per heavy atom. The highest BCUT2D eigenvalue weighted by atomic mass is 35.5. The molecule has 0 amide bonds. The lowest BCUT2D eigenvalue weighted by molar-refractivity contribution is 0.0937. The van der Waals surface area contributed by atoms with Crippen molar-refractivity contribution in [2.75, 3.05) is 26.4 Å². The molecule has 1 aromatic heterocycles. The van der Waals surface area contributed by atoms with Gasteiger partial charge in [-0.25, -0.2) is 0 Å². The van der Waals surface area contributed by atoms with Gasteiger partial charge in [0.2, 0.25) is 0 Å². The fourth-order valence-corrected chi connectivity index (χ4v) is 3.18. The van der Waals surface area contributed by atoms with Crippen LogP contribution in [0.3, 0.4) is 0 Å². The Labute approximate surface area is 174 Å². The van der Waals surface area contributed by atoms with Crippen LogP contribution in [0.2, 0.25) is 10.0 Å². The molecule has 0 spiro atoms. The van der Waals surface area contributed by atoms with Crippen LogP contribution in [0, 0.1) is 0 Å². The van der Waals surface area contributed by atoms with E-state index in [1.807, 2.05) is 36.4 Å². The maximum Gasteiger partial charge on any atom is 0.117 e. The van der Waals surface area contributed by atoms with Crippen molar-refractivity contribution in [3.05, 3.63) is 69.8 Å². The monoisotopic (exact) mass is 420 g/mol. The van der Waals surface area contributed by atoms with E-state index in [-0.39, 0.29) is 6.61 Å². The minimum absolute atomic E-state index is 0.0275. The van der Waals surface area contributed by atoms with Gasteiger partial charge < -0.3 is 15.2 Å². The van der Waals surface area contributed by atoms with E-state index in [2.05, 4.69) is 15.5 Å². The lowest BCUT2D eigenvalue weighted by Gasteiger charge is -2.05. The molecule has 0 bridgehead atoms. The van der Waals surface area contributed by atoms with Crippen molar-refractivity contribution in [1.82, 2.24) is 20.3 Å². The standard InChI is InChI=1S/C20H22Cl2N4O2/c21-17-7-6-16(18(22)12-17)14-26-24-19(13-23-8-10-28-11-9-27)20(25-26)15-4-2-1-3-5-15/h1-7,12,23,27H,8-11,13-14H2. The second-order valence-electron chi connectivity index (χ2n) is 6.14. The van der Waals surface area contributed by atoms with Crippen LogP contribution in [-0.2, 0) is 17.8 Å². The molecule has 0 aliphatic carbocycles. The van der Waals surface area contributed by atoms with Gasteiger partial charge >= 0.3 is 0 Å². The molecule has 2 N–H and O–H groups in total. The van der Waals surface area contributed by atoms with Crippen LogP contribution >= 0.6 is 23.2 Å². The Morgan fingerprint density at radius 3 is 2.61 bits per heavy atom. The van der Waals surface area contributed by atoms with Crippen LogP contribution in [0.4, 0.5) is 0 Å². The predicted octanol–water partition coefficient (Wildman–Crippen LogP) is 3.40. The number of nitrogens with zero attached hydrogens (tertiary/aromatic N) is 3. The summed E-state index contributed by atoms with van der Waals surface area (Å²) in [7, 11) is 0. The third-order valence-electron chi connectivity index (χ3n) is 4.05. The maximum atomic E-state index is 8.74. The SMILES string of the molecule is OCCOCCNCc1nn(Cc2ccc(Cl)cc2Cl)nc1-c1ccccc1. The number of halogens is 2. The molecule has 8 heteroatoms. The maximum absolute atomic E-state index is 8.74. The van der Waals surface area contributed by atoms with Gasteiger partial charge in [-0.15, -0.1) is 0 Å². The van der Waals surface area contributed by atoms with Crippen molar-refractivity contribution in [3.63, 3.8) is 0 Å². The van der Waals surface area contributed by atoms with Crippen LogP contribution in [-0.4, -0.2) is 46.5 Å². The summed E-state index contributed by atoms with van der Waals surface area (Å²) in [6.45, 7) is 2.56. The highest BCUT2D eigenvalue weighted by molar-refractivity contribution is 6.35. The summed E-state index contributed by atoms with van der Waals surface area (Å²) >= 11 is 12.3. The highest BCUT2D eigenvalue weighted by Crippen LogP contribution is 2.23. The topological polar surface area (TPSA) is 72.2 Å². The third-order valence-corrected chi connectivity index (χ3v) is 4.64. The average Bonchev–Trinajstić information content (AvgIpc) is 3.10. The number of aliphatic hydroxyl groups is 1. The van der Waals surface area contributed by atoms with E-state index in [1.54, 1.807) is 16.9 Å². The van der Waals surface area contributed by atoms with E-state index in [9.17, 15) is 0 Å². The van der Waals surface area contributed by atoms with Crippen LogP contribution < -0.4 is 5.32 Å². The molecule has 0 aliphatic heterocycles. The molecule has 3 aromatic rings. The molecule has 1 heterocycles. The first kappa shape index (κ1) is 20.8. The Balaban J connectivity index is 1.75.